The summed E-state index contributed by atoms with van der Waals surface area (Å²) in [6.45, 7) is 10.5. The van der Waals surface area contributed by atoms with Gasteiger partial charge in [-0.15, -0.1) is 23.5 Å². The first-order valence-corrected chi connectivity index (χ1v) is 12.7. The third-order valence-electron chi connectivity index (χ3n) is 4.71. The van der Waals surface area contributed by atoms with Crippen LogP contribution in [0.3, 0.4) is 0 Å². The SMILES string of the molecule is CC(C)(C)Sc1ccccc1CNCCNCc1ccccc1SCc1ccccc1. The predicted molar refractivity (Wildman–Crippen MR) is 138 cm³/mol. The second-order valence-electron chi connectivity index (χ2n) is 8.56. The van der Waals surface area contributed by atoms with E-state index in [2.05, 4.69) is 110 Å². The first-order chi connectivity index (χ1) is 15.0. The molecule has 0 radical (unpaired) electrons. The lowest BCUT2D eigenvalue weighted by molar-refractivity contribution is 0.605. The van der Waals surface area contributed by atoms with Crippen LogP contribution in [0.15, 0.2) is 88.7 Å². The van der Waals surface area contributed by atoms with Crippen molar-refractivity contribution < 1.29 is 0 Å². The number of hydrogen-bond donors (Lipinski definition) is 2. The van der Waals surface area contributed by atoms with Gasteiger partial charge in [-0.2, -0.15) is 0 Å². The zero-order valence-electron chi connectivity index (χ0n) is 18.9. The van der Waals surface area contributed by atoms with E-state index in [-0.39, 0.29) is 4.75 Å². The Morgan fingerprint density at radius 1 is 0.645 bits per heavy atom. The summed E-state index contributed by atoms with van der Waals surface area (Å²) in [5.74, 6) is 1.01. The van der Waals surface area contributed by atoms with Gasteiger partial charge in [-0.3, -0.25) is 0 Å². The maximum absolute atomic E-state index is 3.60. The van der Waals surface area contributed by atoms with E-state index in [0.29, 0.717) is 0 Å². The standard InChI is InChI=1S/C27H34N2S2/c1-27(2,3)31-26-16-10-8-14-24(26)20-29-18-17-28-19-23-13-7-9-15-25(23)30-21-22-11-5-4-6-12-22/h4-16,28-29H,17-21H2,1-3H3. The van der Waals surface area contributed by atoms with Gasteiger partial charge in [0, 0.05) is 46.5 Å². The van der Waals surface area contributed by atoms with E-state index >= 15 is 0 Å². The summed E-state index contributed by atoms with van der Waals surface area (Å²) in [6.07, 6.45) is 0. The molecule has 3 rings (SSSR count). The molecule has 0 spiro atoms. The van der Waals surface area contributed by atoms with Crippen molar-refractivity contribution in [2.45, 2.75) is 54.2 Å². The molecular weight excluding hydrogens is 416 g/mol. The Morgan fingerprint density at radius 2 is 1.16 bits per heavy atom. The van der Waals surface area contributed by atoms with Crippen molar-refractivity contribution in [3.8, 4) is 0 Å². The zero-order chi connectivity index (χ0) is 21.9. The number of rotatable bonds is 11. The van der Waals surface area contributed by atoms with Gasteiger partial charge in [0.05, 0.1) is 0 Å². The summed E-state index contributed by atoms with van der Waals surface area (Å²) >= 11 is 3.85. The lowest BCUT2D eigenvalue weighted by Gasteiger charge is -2.20. The van der Waals surface area contributed by atoms with Crippen molar-refractivity contribution in [1.29, 1.82) is 0 Å². The minimum atomic E-state index is 0.226. The van der Waals surface area contributed by atoms with Crippen LogP contribution in [-0.2, 0) is 18.8 Å². The summed E-state index contributed by atoms with van der Waals surface area (Å²) in [5.41, 5.74) is 4.12. The molecule has 0 saturated heterocycles. The average Bonchev–Trinajstić information content (AvgIpc) is 2.76. The normalized spacial score (nSPS) is 11.6. The summed E-state index contributed by atoms with van der Waals surface area (Å²) in [7, 11) is 0. The molecule has 3 aromatic carbocycles. The third-order valence-corrected chi connectivity index (χ3v) is 7.13. The van der Waals surface area contributed by atoms with Gasteiger partial charge in [-0.25, -0.2) is 0 Å². The largest absolute Gasteiger partial charge is 0.311 e. The van der Waals surface area contributed by atoms with E-state index in [9.17, 15) is 0 Å². The summed E-state index contributed by atoms with van der Waals surface area (Å²) in [5, 5.41) is 7.19. The highest BCUT2D eigenvalue weighted by atomic mass is 32.2. The number of hydrogen-bond acceptors (Lipinski definition) is 4. The second kappa shape index (κ2) is 12.4. The van der Waals surface area contributed by atoms with Crippen molar-refractivity contribution in [1.82, 2.24) is 10.6 Å². The van der Waals surface area contributed by atoms with Crippen molar-refractivity contribution in [2.24, 2.45) is 0 Å². The van der Waals surface area contributed by atoms with E-state index in [4.69, 9.17) is 0 Å². The molecule has 4 heteroatoms. The Balaban J connectivity index is 1.41. The van der Waals surface area contributed by atoms with Crippen LogP contribution in [0, 0.1) is 0 Å². The van der Waals surface area contributed by atoms with Crippen molar-refractivity contribution in [3.63, 3.8) is 0 Å². The van der Waals surface area contributed by atoms with Gasteiger partial charge in [0.15, 0.2) is 0 Å². The van der Waals surface area contributed by atoms with Gasteiger partial charge < -0.3 is 10.6 Å². The molecular formula is C27H34N2S2. The summed E-state index contributed by atoms with van der Waals surface area (Å²) < 4.78 is 0.226. The van der Waals surface area contributed by atoms with E-state index in [0.717, 1.165) is 31.9 Å². The number of benzene rings is 3. The quantitative estimate of drug-likeness (QED) is 0.249. The minimum Gasteiger partial charge on any atom is -0.311 e. The number of thioether (sulfide) groups is 2. The molecule has 164 valence electrons. The van der Waals surface area contributed by atoms with Gasteiger partial charge in [0.25, 0.3) is 0 Å². The lowest BCUT2D eigenvalue weighted by Crippen LogP contribution is -2.27. The van der Waals surface area contributed by atoms with Gasteiger partial charge in [-0.05, 0) is 28.8 Å². The van der Waals surface area contributed by atoms with Crippen LogP contribution >= 0.6 is 23.5 Å². The summed E-state index contributed by atoms with van der Waals surface area (Å²) in [4.78, 5) is 2.74. The molecule has 0 aromatic heterocycles. The molecule has 0 heterocycles. The van der Waals surface area contributed by atoms with E-state index in [1.165, 1.54) is 26.5 Å². The molecule has 0 saturated carbocycles. The Kier molecular flexibility index (Phi) is 9.54. The molecule has 2 nitrogen and oxygen atoms in total. The van der Waals surface area contributed by atoms with Crippen LogP contribution in [0.4, 0.5) is 0 Å². The van der Waals surface area contributed by atoms with E-state index in [1.54, 1.807) is 0 Å². The highest BCUT2D eigenvalue weighted by Crippen LogP contribution is 2.34. The minimum absolute atomic E-state index is 0.226. The Morgan fingerprint density at radius 3 is 1.77 bits per heavy atom. The average molecular weight is 451 g/mol. The van der Waals surface area contributed by atoms with Gasteiger partial charge in [0.2, 0.25) is 0 Å². The van der Waals surface area contributed by atoms with Crippen molar-refractivity contribution in [2.75, 3.05) is 13.1 Å². The smallest absolute Gasteiger partial charge is 0.0232 e. The molecule has 0 aliphatic rings. The van der Waals surface area contributed by atoms with Crippen LogP contribution in [-0.4, -0.2) is 17.8 Å². The fraction of sp³-hybridized carbons (Fsp3) is 0.333. The molecule has 0 fully saturated rings. The molecule has 0 aliphatic carbocycles. The molecule has 0 aliphatic heterocycles. The molecule has 31 heavy (non-hydrogen) atoms. The van der Waals surface area contributed by atoms with Crippen LogP contribution in [0.2, 0.25) is 0 Å². The third kappa shape index (κ3) is 8.74. The maximum atomic E-state index is 3.60. The van der Waals surface area contributed by atoms with Crippen molar-refractivity contribution >= 4 is 23.5 Å². The first-order valence-electron chi connectivity index (χ1n) is 10.9. The van der Waals surface area contributed by atoms with Crippen LogP contribution in [0.25, 0.3) is 0 Å². The fourth-order valence-corrected chi connectivity index (χ4v) is 5.32. The number of nitrogens with one attached hydrogen (secondary N) is 2. The second-order valence-corrected chi connectivity index (χ2v) is 11.4. The Labute approximate surface area is 196 Å². The highest BCUT2D eigenvalue weighted by molar-refractivity contribution is 8.00. The highest BCUT2D eigenvalue weighted by Gasteiger charge is 2.14. The molecule has 0 bridgehead atoms. The first kappa shape index (κ1) is 23.9. The monoisotopic (exact) mass is 450 g/mol. The molecule has 0 atom stereocenters. The van der Waals surface area contributed by atoms with Crippen LogP contribution in [0.1, 0.15) is 37.5 Å². The van der Waals surface area contributed by atoms with Crippen LogP contribution < -0.4 is 10.6 Å². The van der Waals surface area contributed by atoms with Gasteiger partial charge in [-0.1, -0.05) is 87.5 Å². The van der Waals surface area contributed by atoms with Gasteiger partial charge >= 0.3 is 0 Å². The lowest BCUT2D eigenvalue weighted by atomic mass is 10.2. The molecule has 2 N–H and O–H groups in total. The van der Waals surface area contributed by atoms with Gasteiger partial charge in [0.1, 0.15) is 0 Å². The van der Waals surface area contributed by atoms with Crippen LogP contribution in [0.5, 0.6) is 0 Å². The molecule has 3 aromatic rings. The maximum Gasteiger partial charge on any atom is 0.0232 e. The fourth-order valence-electron chi connectivity index (χ4n) is 3.23. The Bertz CT molecular complexity index is 920. The predicted octanol–water partition coefficient (Wildman–Crippen LogP) is 6.75. The summed E-state index contributed by atoms with van der Waals surface area (Å²) in [6, 6.07) is 28.1. The topological polar surface area (TPSA) is 24.1 Å². The molecule has 0 amide bonds. The van der Waals surface area contributed by atoms with E-state index in [1.807, 2.05) is 23.5 Å². The van der Waals surface area contributed by atoms with Crippen molar-refractivity contribution in [3.05, 3.63) is 95.6 Å². The zero-order valence-corrected chi connectivity index (χ0v) is 20.5. The van der Waals surface area contributed by atoms with E-state index < -0.39 is 0 Å². The molecule has 0 unspecified atom stereocenters. The Hall–Kier alpha value is -1.72.